The van der Waals surface area contributed by atoms with Crippen molar-refractivity contribution in [3.05, 3.63) is 17.4 Å². The van der Waals surface area contributed by atoms with E-state index in [0.717, 1.165) is 0 Å². The molecule has 15 heavy (non-hydrogen) atoms. The molecule has 1 aromatic carbocycles. The molecule has 0 radical (unpaired) electrons. The molecule has 4 nitrogen and oxygen atoms in total. The van der Waals surface area contributed by atoms with Crippen molar-refractivity contribution < 1.29 is 14.2 Å². The molecule has 0 saturated heterocycles. The lowest BCUT2D eigenvalue weighted by molar-refractivity contribution is 0.274. The Labute approximate surface area is 89.1 Å². The van der Waals surface area contributed by atoms with Crippen LogP contribution in [0.5, 0.6) is 5.75 Å². The van der Waals surface area contributed by atoms with Gasteiger partial charge in [0, 0.05) is 11.6 Å². The molecule has 0 saturated carbocycles. The molecule has 0 aliphatic rings. The van der Waals surface area contributed by atoms with Crippen LogP contribution in [0, 0.1) is 5.82 Å². The van der Waals surface area contributed by atoms with Gasteiger partial charge in [-0.2, -0.15) is 0 Å². The van der Waals surface area contributed by atoms with E-state index in [1.54, 1.807) is 0 Å². The number of benzene rings is 1. The first-order valence-electron chi connectivity index (χ1n) is 4.19. The number of fused-ring (bicyclic) bond motifs is 1. The minimum atomic E-state index is -0.585. The molecule has 0 bridgehead atoms. The van der Waals surface area contributed by atoms with Gasteiger partial charge in [0.15, 0.2) is 16.7 Å². The fraction of sp³-hybridized carbons (Fsp3) is 0.222. The number of nitrogens with two attached hydrogens (primary N) is 1. The van der Waals surface area contributed by atoms with Crippen LogP contribution in [0.25, 0.3) is 10.2 Å². The number of hydrogen-bond acceptors (Lipinski definition) is 5. The third-order valence-corrected chi connectivity index (χ3v) is 2.91. The van der Waals surface area contributed by atoms with Gasteiger partial charge >= 0.3 is 0 Å². The Kier molecular flexibility index (Phi) is 2.45. The number of nitrogens with zero attached hydrogens (tertiary/aromatic N) is 1. The van der Waals surface area contributed by atoms with Gasteiger partial charge < -0.3 is 15.6 Å². The molecule has 2 aromatic rings. The lowest BCUT2D eigenvalue weighted by Gasteiger charge is -2.05. The fourth-order valence-corrected chi connectivity index (χ4v) is 2.18. The van der Waals surface area contributed by atoms with Gasteiger partial charge in [0.25, 0.3) is 0 Å². The van der Waals surface area contributed by atoms with Gasteiger partial charge in [0.2, 0.25) is 0 Å². The molecule has 6 heteroatoms. The summed E-state index contributed by atoms with van der Waals surface area (Å²) in [5.41, 5.74) is 6.04. The van der Waals surface area contributed by atoms with Crippen molar-refractivity contribution in [3.63, 3.8) is 0 Å². The topological polar surface area (TPSA) is 68.4 Å². The van der Waals surface area contributed by atoms with Crippen LogP contribution in [0.15, 0.2) is 6.07 Å². The molecule has 1 heterocycles. The summed E-state index contributed by atoms with van der Waals surface area (Å²) in [5.74, 6) is -0.493. The smallest absolute Gasteiger partial charge is 0.181 e. The number of nitrogen functional groups attached to an aromatic ring is 1. The molecule has 0 fully saturated rings. The van der Waals surface area contributed by atoms with E-state index >= 15 is 0 Å². The van der Waals surface area contributed by atoms with Gasteiger partial charge in [-0.3, -0.25) is 0 Å². The standard InChI is InChI=1S/C9H9FN2O2S/c1-14-5-2-6-8(12-9(11)15-6)4(3-13)7(5)10/h2,13H,3H2,1H3,(H2,11,12). The monoisotopic (exact) mass is 228 g/mol. The molecule has 0 unspecified atom stereocenters. The van der Waals surface area contributed by atoms with E-state index in [-0.39, 0.29) is 11.3 Å². The van der Waals surface area contributed by atoms with Crippen molar-refractivity contribution in [1.82, 2.24) is 4.98 Å². The van der Waals surface area contributed by atoms with Gasteiger partial charge in [0.05, 0.1) is 23.9 Å². The second kappa shape index (κ2) is 3.63. The van der Waals surface area contributed by atoms with E-state index in [0.29, 0.717) is 15.3 Å². The quantitative estimate of drug-likeness (QED) is 0.817. The Balaban J connectivity index is 2.82. The lowest BCUT2D eigenvalue weighted by atomic mass is 10.2. The van der Waals surface area contributed by atoms with Gasteiger partial charge in [-0.25, -0.2) is 9.37 Å². The predicted molar refractivity (Wildman–Crippen MR) is 56.5 cm³/mol. The number of halogens is 1. The third kappa shape index (κ3) is 1.51. The van der Waals surface area contributed by atoms with E-state index in [1.165, 1.54) is 24.5 Å². The number of methoxy groups -OCH3 is 1. The molecule has 80 valence electrons. The Hall–Kier alpha value is -1.40. The predicted octanol–water partition coefficient (Wildman–Crippen LogP) is 1.52. The first-order valence-corrected chi connectivity index (χ1v) is 5.01. The highest BCUT2D eigenvalue weighted by molar-refractivity contribution is 7.22. The third-order valence-electron chi connectivity index (χ3n) is 2.08. The average Bonchev–Trinajstić information content (AvgIpc) is 2.57. The van der Waals surface area contributed by atoms with Crippen LogP contribution in [0.4, 0.5) is 9.52 Å². The van der Waals surface area contributed by atoms with Crippen LogP contribution in [-0.4, -0.2) is 17.2 Å². The van der Waals surface area contributed by atoms with Crippen LogP contribution in [0.3, 0.4) is 0 Å². The normalized spacial score (nSPS) is 10.9. The maximum absolute atomic E-state index is 13.7. The molecule has 0 amide bonds. The number of rotatable bonds is 2. The summed E-state index contributed by atoms with van der Waals surface area (Å²) in [4.78, 5) is 3.96. The van der Waals surface area contributed by atoms with Crippen molar-refractivity contribution in [2.24, 2.45) is 0 Å². The second-order valence-electron chi connectivity index (χ2n) is 2.93. The summed E-state index contributed by atoms with van der Waals surface area (Å²) in [5, 5.41) is 9.41. The molecule has 0 aliphatic heterocycles. The first kappa shape index (κ1) is 10.1. The zero-order valence-corrected chi connectivity index (χ0v) is 8.77. The number of aromatic nitrogens is 1. The van der Waals surface area contributed by atoms with E-state index in [2.05, 4.69) is 4.98 Å². The molecular weight excluding hydrogens is 219 g/mol. The number of aliphatic hydroxyl groups is 1. The SMILES string of the molecule is COc1cc2sc(N)nc2c(CO)c1F. The van der Waals surface area contributed by atoms with Crippen LogP contribution in [-0.2, 0) is 6.61 Å². The molecule has 3 N–H and O–H groups in total. The summed E-state index contributed by atoms with van der Waals surface area (Å²) in [6, 6.07) is 1.53. The van der Waals surface area contributed by atoms with Gasteiger partial charge in [-0.15, -0.1) is 0 Å². The summed E-state index contributed by atoms with van der Waals surface area (Å²) in [7, 11) is 1.37. The Morgan fingerprint density at radius 3 is 3.00 bits per heavy atom. The van der Waals surface area contributed by atoms with E-state index in [1.807, 2.05) is 0 Å². The summed E-state index contributed by atoms with van der Waals surface area (Å²) in [6.45, 7) is -0.428. The molecular formula is C9H9FN2O2S. The van der Waals surface area contributed by atoms with Crippen LogP contribution < -0.4 is 10.5 Å². The van der Waals surface area contributed by atoms with Crippen molar-refractivity contribution >= 4 is 26.7 Å². The van der Waals surface area contributed by atoms with Crippen LogP contribution in [0.1, 0.15) is 5.56 Å². The van der Waals surface area contributed by atoms with Crippen molar-refractivity contribution in [1.29, 1.82) is 0 Å². The molecule has 0 spiro atoms. The summed E-state index contributed by atoms with van der Waals surface area (Å²) in [6.07, 6.45) is 0. The Morgan fingerprint density at radius 2 is 2.40 bits per heavy atom. The highest BCUT2D eigenvalue weighted by atomic mass is 32.1. The maximum Gasteiger partial charge on any atom is 0.181 e. The largest absolute Gasteiger partial charge is 0.494 e. The minimum absolute atomic E-state index is 0.0928. The van der Waals surface area contributed by atoms with Gasteiger partial charge in [-0.1, -0.05) is 11.3 Å². The number of aliphatic hydroxyl groups excluding tert-OH is 1. The lowest BCUT2D eigenvalue weighted by Crippen LogP contribution is -1.96. The van der Waals surface area contributed by atoms with Crippen molar-refractivity contribution in [2.75, 3.05) is 12.8 Å². The van der Waals surface area contributed by atoms with Crippen LogP contribution >= 0.6 is 11.3 Å². The Bertz CT molecular complexity index is 512. The van der Waals surface area contributed by atoms with Gasteiger partial charge in [-0.05, 0) is 0 Å². The fourth-order valence-electron chi connectivity index (χ4n) is 1.39. The highest BCUT2D eigenvalue weighted by Gasteiger charge is 2.16. The number of hydrogen-bond donors (Lipinski definition) is 2. The van der Waals surface area contributed by atoms with Crippen LogP contribution in [0.2, 0.25) is 0 Å². The zero-order chi connectivity index (χ0) is 11.0. The highest BCUT2D eigenvalue weighted by Crippen LogP contribution is 2.33. The molecule has 2 rings (SSSR count). The molecule has 1 aromatic heterocycles. The zero-order valence-electron chi connectivity index (χ0n) is 7.95. The van der Waals surface area contributed by atoms with Crippen molar-refractivity contribution in [2.45, 2.75) is 6.61 Å². The molecule has 0 atom stereocenters. The Morgan fingerprint density at radius 1 is 1.67 bits per heavy atom. The second-order valence-corrected chi connectivity index (χ2v) is 3.99. The minimum Gasteiger partial charge on any atom is -0.494 e. The van der Waals surface area contributed by atoms with E-state index < -0.39 is 12.4 Å². The average molecular weight is 228 g/mol. The number of ether oxygens (including phenoxy) is 1. The summed E-state index contributed by atoms with van der Waals surface area (Å²) >= 11 is 1.23. The van der Waals surface area contributed by atoms with E-state index in [4.69, 9.17) is 15.6 Å². The first-order chi connectivity index (χ1) is 7.17. The van der Waals surface area contributed by atoms with Gasteiger partial charge in [0.1, 0.15) is 0 Å². The van der Waals surface area contributed by atoms with Crippen molar-refractivity contribution in [3.8, 4) is 5.75 Å². The van der Waals surface area contributed by atoms with E-state index in [9.17, 15) is 4.39 Å². The number of thiazole rings is 1. The number of anilines is 1. The molecule has 0 aliphatic carbocycles. The summed E-state index contributed by atoms with van der Waals surface area (Å²) < 4.78 is 19.2. The maximum atomic E-state index is 13.7.